The highest BCUT2D eigenvalue weighted by molar-refractivity contribution is 6.30. The molecule has 22 heavy (non-hydrogen) atoms. The molecule has 0 aliphatic heterocycles. The first-order valence-corrected chi connectivity index (χ1v) is 8.47. The third kappa shape index (κ3) is 4.79. The van der Waals surface area contributed by atoms with Gasteiger partial charge in [0.15, 0.2) is 0 Å². The van der Waals surface area contributed by atoms with Gasteiger partial charge in [0.1, 0.15) is 6.29 Å². The summed E-state index contributed by atoms with van der Waals surface area (Å²) in [5.41, 5.74) is -0.355. The van der Waals surface area contributed by atoms with Gasteiger partial charge >= 0.3 is 0 Å². The van der Waals surface area contributed by atoms with E-state index < -0.39 is 24.2 Å². The fourth-order valence-corrected chi connectivity index (χ4v) is 3.64. The van der Waals surface area contributed by atoms with E-state index in [1.165, 1.54) is 0 Å². The number of carbonyl (C=O) groups excluding carboxylic acids is 1. The van der Waals surface area contributed by atoms with Crippen molar-refractivity contribution in [2.45, 2.75) is 71.2 Å². The van der Waals surface area contributed by atoms with Gasteiger partial charge in [0, 0.05) is 29.7 Å². The van der Waals surface area contributed by atoms with Crippen molar-refractivity contribution in [2.75, 3.05) is 0 Å². The topological polar surface area (TPSA) is 77.8 Å². The van der Waals surface area contributed by atoms with Gasteiger partial charge in [-0.05, 0) is 11.8 Å². The molecule has 0 unspecified atom stereocenters. The van der Waals surface area contributed by atoms with Gasteiger partial charge in [0.2, 0.25) is 0 Å². The Labute approximate surface area is 138 Å². The zero-order valence-corrected chi connectivity index (χ0v) is 14.5. The van der Waals surface area contributed by atoms with Crippen LogP contribution in [0.4, 0.5) is 0 Å². The zero-order valence-electron chi connectivity index (χ0n) is 13.7. The lowest BCUT2D eigenvalue weighted by Gasteiger charge is -2.31. The smallest absolute Gasteiger partial charge is 0.120 e. The zero-order chi connectivity index (χ0) is 16.9. The Morgan fingerprint density at radius 1 is 1.36 bits per heavy atom. The van der Waals surface area contributed by atoms with Crippen molar-refractivity contribution in [3.8, 4) is 0 Å². The Bertz CT molecular complexity index is 394. The normalized spacial score (nSPS) is 31.3. The molecule has 1 rings (SSSR count). The Morgan fingerprint density at radius 2 is 2.00 bits per heavy atom. The number of hydrogen-bond donors (Lipinski definition) is 3. The predicted octanol–water partition coefficient (Wildman–Crippen LogP) is 2.63. The molecule has 5 atom stereocenters. The molecule has 3 N–H and O–H groups in total. The quantitative estimate of drug-likeness (QED) is 0.597. The summed E-state index contributed by atoms with van der Waals surface area (Å²) in [6, 6.07) is 0. The number of aliphatic hydroxyl groups is 3. The van der Waals surface area contributed by atoms with Gasteiger partial charge in [-0.1, -0.05) is 51.3 Å². The fraction of sp³-hybridized carbons (Fsp3) is 0.824. The number of aldehydes is 1. The summed E-state index contributed by atoms with van der Waals surface area (Å²) in [7, 11) is 0. The van der Waals surface area contributed by atoms with Gasteiger partial charge in [0.25, 0.3) is 0 Å². The lowest BCUT2D eigenvalue weighted by molar-refractivity contribution is -0.109. The van der Waals surface area contributed by atoms with Crippen molar-refractivity contribution in [1.82, 2.24) is 0 Å². The standard InChI is InChI=1S/C17H29ClO4/c1-4-5-7-17(2,3)16(22)13(18)9-12-11(6-8-19)14(20)10-15(12)21/h8-9,11-12,14-16,20-22H,4-7,10H2,1-3H3/t11-,12-,14+,15-,16+/m0/s1. The SMILES string of the molecule is CCCCC(C)(C)[C@H](O)C(Cl)=C[C@H]1[C@H](CC=O)[C@H](O)C[C@@H]1O. The Morgan fingerprint density at radius 3 is 2.55 bits per heavy atom. The second-order valence-electron chi connectivity index (χ2n) is 7.06. The molecule has 1 aliphatic rings. The third-order valence-electron chi connectivity index (χ3n) is 4.81. The largest absolute Gasteiger partial charge is 0.393 e. The van der Waals surface area contributed by atoms with Crippen LogP contribution in [0.3, 0.4) is 0 Å². The van der Waals surface area contributed by atoms with Crippen molar-refractivity contribution in [1.29, 1.82) is 0 Å². The molecule has 0 aromatic carbocycles. The maximum Gasteiger partial charge on any atom is 0.120 e. The Kier molecular flexibility index (Phi) is 7.53. The van der Waals surface area contributed by atoms with Crippen LogP contribution in [0.5, 0.6) is 0 Å². The van der Waals surface area contributed by atoms with Crippen LogP contribution in [0.15, 0.2) is 11.1 Å². The molecule has 1 saturated carbocycles. The predicted molar refractivity (Wildman–Crippen MR) is 87.5 cm³/mol. The van der Waals surface area contributed by atoms with Crippen molar-refractivity contribution >= 4 is 17.9 Å². The lowest BCUT2D eigenvalue weighted by Crippen LogP contribution is -2.31. The number of unbranched alkanes of at least 4 members (excludes halogenated alkanes) is 1. The van der Waals surface area contributed by atoms with Crippen LogP contribution in [0.25, 0.3) is 0 Å². The van der Waals surface area contributed by atoms with Crippen LogP contribution in [0.2, 0.25) is 0 Å². The highest BCUT2D eigenvalue weighted by Gasteiger charge is 2.41. The minimum absolute atomic E-state index is 0.179. The highest BCUT2D eigenvalue weighted by atomic mass is 35.5. The van der Waals surface area contributed by atoms with E-state index in [1.54, 1.807) is 6.08 Å². The average Bonchev–Trinajstić information content (AvgIpc) is 2.71. The molecule has 0 aromatic rings. The van der Waals surface area contributed by atoms with Gasteiger partial charge in [-0.2, -0.15) is 0 Å². The second kappa shape index (κ2) is 8.44. The molecule has 0 bridgehead atoms. The summed E-state index contributed by atoms with van der Waals surface area (Å²) in [4.78, 5) is 10.8. The van der Waals surface area contributed by atoms with E-state index in [4.69, 9.17) is 11.6 Å². The lowest BCUT2D eigenvalue weighted by atomic mass is 9.80. The molecule has 1 fully saturated rings. The first-order valence-electron chi connectivity index (χ1n) is 8.09. The summed E-state index contributed by atoms with van der Waals surface area (Å²) in [6.07, 6.45) is 3.44. The van der Waals surface area contributed by atoms with Crippen molar-refractivity contribution in [3.05, 3.63) is 11.1 Å². The van der Waals surface area contributed by atoms with Gasteiger partial charge in [0.05, 0.1) is 18.3 Å². The van der Waals surface area contributed by atoms with Crippen molar-refractivity contribution in [3.63, 3.8) is 0 Å². The van der Waals surface area contributed by atoms with Crippen molar-refractivity contribution < 1.29 is 20.1 Å². The van der Waals surface area contributed by atoms with E-state index >= 15 is 0 Å². The maximum absolute atomic E-state index is 10.8. The van der Waals surface area contributed by atoms with E-state index in [2.05, 4.69) is 6.92 Å². The number of hydrogen-bond acceptors (Lipinski definition) is 4. The van der Waals surface area contributed by atoms with Gasteiger partial charge in [-0.25, -0.2) is 0 Å². The van der Waals surface area contributed by atoms with Gasteiger partial charge < -0.3 is 20.1 Å². The summed E-state index contributed by atoms with van der Waals surface area (Å²) in [6.45, 7) is 6.03. The molecule has 0 amide bonds. The molecule has 0 spiro atoms. The Hall–Kier alpha value is -0.420. The van der Waals surface area contributed by atoms with Crippen LogP contribution in [-0.2, 0) is 4.79 Å². The van der Waals surface area contributed by atoms with Crippen LogP contribution in [0.1, 0.15) is 52.9 Å². The van der Waals surface area contributed by atoms with E-state index in [9.17, 15) is 20.1 Å². The molecule has 5 heteroatoms. The minimum Gasteiger partial charge on any atom is -0.393 e. The van der Waals surface area contributed by atoms with Crippen LogP contribution in [0, 0.1) is 17.3 Å². The molecular formula is C17H29ClO4. The molecule has 128 valence electrons. The summed E-state index contributed by atoms with van der Waals surface area (Å²) >= 11 is 6.28. The maximum atomic E-state index is 10.8. The number of rotatable bonds is 8. The Balaban J connectivity index is 2.87. The van der Waals surface area contributed by atoms with Crippen LogP contribution >= 0.6 is 11.6 Å². The van der Waals surface area contributed by atoms with Crippen molar-refractivity contribution in [2.24, 2.45) is 17.3 Å². The van der Waals surface area contributed by atoms with Gasteiger partial charge in [-0.3, -0.25) is 0 Å². The number of carbonyl (C=O) groups is 1. The molecule has 1 aliphatic carbocycles. The van der Waals surface area contributed by atoms with E-state index in [1.807, 2.05) is 13.8 Å². The first kappa shape index (κ1) is 19.6. The summed E-state index contributed by atoms with van der Waals surface area (Å²) < 4.78 is 0. The summed E-state index contributed by atoms with van der Waals surface area (Å²) in [5, 5.41) is 30.8. The highest BCUT2D eigenvalue weighted by Crippen LogP contribution is 2.39. The summed E-state index contributed by atoms with van der Waals surface area (Å²) in [5.74, 6) is -0.739. The number of aliphatic hydroxyl groups excluding tert-OH is 3. The molecule has 0 saturated heterocycles. The average molecular weight is 333 g/mol. The van der Waals surface area contributed by atoms with Crippen LogP contribution < -0.4 is 0 Å². The van der Waals surface area contributed by atoms with Crippen LogP contribution in [-0.4, -0.2) is 39.9 Å². The minimum atomic E-state index is -0.817. The monoisotopic (exact) mass is 332 g/mol. The fourth-order valence-electron chi connectivity index (χ4n) is 3.20. The van der Waals surface area contributed by atoms with Gasteiger partial charge in [-0.15, -0.1) is 0 Å². The molecule has 4 nitrogen and oxygen atoms in total. The second-order valence-corrected chi connectivity index (χ2v) is 7.50. The first-order chi connectivity index (χ1) is 10.2. The molecular weight excluding hydrogens is 304 g/mol. The van der Waals surface area contributed by atoms with E-state index in [-0.39, 0.29) is 29.2 Å². The molecule has 0 radical (unpaired) electrons. The van der Waals surface area contributed by atoms with E-state index in [0.29, 0.717) is 0 Å². The third-order valence-corrected chi connectivity index (χ3v) is 5.14. The van der Waals surface area contributed by atoms with E-state index in [0.717, 1.165) is 25.5 Å². The number of halogens is 1. The molecule has 0 aromatic heterocycles. The molecule has 0 heterocycles.